The van der Waals surface area contributed by atoms with E-state index in [-0.39, 0.29) is 23.1 Å². The van der Waals surface area contributed by atoms with Gasteiger partial charge in [0.05, 0.1) is 31.2 Å². The predicted octanol–water partition coefficient (Wildman–Crippen LogP) is 7.20. The third-order valence-corrected chi connectivity index (χ3v) is 8.74. The number of amides is 1. The number of para-hydroxylation sites is 1. The average molecular weight is 562 g/mol. The molecule has 39 heavy (non-hydrogen) atoms. The maximum Gasteiger partial charge on any atom is 0.253 e. The molecule has 0 fully saturated rings. The zero-order chi connectivity index (χ0) is 27.5. The highest BCUT2D eigenvalue weighted by Crippen LogP contribution is 2.52. The van der Waals surface area contributed by atoms with Crippen LogP contribution in [0.5, 0.6) is 11.5 Å². The van der Waals surface area contributed by atoms with Crippen molar-refractivity contribution in [3.05, 3.63) is 94.5 Å². The van der Waals surface area contributed by atoms with Gasteiger partial charge in [0.15, 0.2) is 11.5 Å². The van der Waals surface area contributed by atoms with Gasteiger partial charge in [0.25, 0.3) is 5.91 Å². The lowest BCUT2D eigenvalue weighted by Crippen LogP contribution is -2.30. The number of hydrazone groups is 1. The molecule has 3 aromatic rings. The summed E-state index contributed by atoms with van der Waals surface area (Å²) in [4.78, 5) is 13.7. The van der Waals surface area contributed by atoms with Crippen molar-refractivity contribution in [1.82, 2.24) is 5.43 Å². The van der Waals surface area contributed by atoms with E-state index in [1.807, 2.05) is 56.3 Å². The van der Waals surface area contributed by atoms with Crippen LogP contribution in [0, 0.1) is 5.92 Å². The first kappa shape index (κ1) is 27.2. The van der Waals surface area contributed by atoms with Crippen molar-refractivity contribution in [1.29, 1.82) is 0 Å². The number of halogens is 1. The Morgan fingerprint density at radius 3 is 2.64 bits per heavy atom. The first-order chi connectivity index (χ1) is 18.9. The standard InChI is InChI=1S/C31H32ClN3O3S/c1-18(34-35-31(36)19(2)39-22-14-12-21(32)13-15-22)20-11-16-27-26(17-20)23-7-5-8-24(23)29(33-27)25-9-6-10-28(37-3)30(25)38-4/h5-7,9-17,19,23-24,29,33H,8H2,1-4H3,(H,35,36)/b34-18-/t19-,23+,24-,29+/m0/s1. The Kier molecular flexibility index (Phi) is 8.19. The van der Waals surface area contributed by atoms with Gasteiger partial charge >= 0.3 is 0 Å². The number of nitrogens with zero attached hydrogens (tertiary/aromatic N) is 1. The molecule has 6 nitrogen and oxygen atoms in total. The minimum absolute atomic E-state index is 0.0853. The second-order valence-electron chi connectivity index (χ2n) is 9.75. The number of rotatable bonds is 8. The first-order valence-corrected chi connectivity index (χ1v) is 14.2. The molecule has 0 radical (unpaired) electrons. The Bertz CT molecular complexity index is 1420. The smallest absolute Gasteiger partial charge is 0.253 e. The summed E-state index contributed by atoms with van der Waals surface area (Å²) in [5, 5.41) is 8.57. The third-order valence-electron chi connectivity index (χ3n) is 7.38. The molecule has 202 valence electrons. The SMILES string of the molecule is COc1cccc([C@@H]2Nc3ccc(/C(C)=N\NC(=O)[C@H](C)Sc4ccc(Cl)cc4)cc3[C@@H]3C=CC[C@@H]32)c1OC. The molecule has 0 saturated heterocycles. The van der Waals surface area contributed by atoms with Gasteiger partial charge in [0.1, 0.15) is 0 Å². The van der Waals surface area contributed by atoms with Crippen molar-refractivity contribution in [3.63, 3.8) is 0 Å². The summed E-state index contributed by atoms with van der Waals surface area (Å²) in [7, 11) is 3.35. The van der Waals surface area contributed by atoms with Crippen LogP contribution in [0.15, 0.2) is 82.8 Å². The maximum absolute atomic E-state index is 12.7. The Hall–Kier alpha value is -3.42. The molecule has 0 unspecified atom stereocenters. The van der Waals surface area contributed by atoms with Gasteiger partial charge in [-0.15, -0.1) is 11.8 Å². The second kappa shape index (κ2) is 11.8. The molecule has 1 aliphatic heterocycles. The van der Waals surface area contributed by atoms with Crippen molar-refractivity contribution in [2.24, 2.45) is 11.0 Å². The van der Waals surface area contributed by atoms with Crippen LogP contribution in [0.2, 0.25) is 5.02 Å². The van der Waals surface area contributed by atoms with E-state index in [4.69, 9.17) is 21.1 Å². The fourth-order valence-corrected chi connectivity index (χ4v) is 6.34. The number of fused-ring (bicyclic) bond motifs is 3. The van der Waals surface area contributed by atoms with Crippen LogP contribution in [0.1, 0.15) is 48.9 Å². The van der Waals surface area contributed by atoms with E-state index >= 15 is 0 Å². The van der Waals surface area contributed by atoms with Gasteiger partial charge in [-0.1, -0.05) is 42.0 Å². The third kappa shape index (κ3) is 5.65. The monoisotopic (exact) mass is 561 g/mol. The summed E-state index contributed by atoms with van der Waals surface area (Å²) >= 11 is 7.43. The molecule has 1 heterocycles. The van der Waals surface area contributed by atoms with E-state index < -0.39 is 0 Å². The molecular formula is C31H32ClN3O3S. The van der Waals surface area contributed by atoms with E-state index in [0.29, 0.717) is 10.9 Å². The molecule has 3 aromatic carbocycles. The van der Waals surface area contributed by atoms with Gasteiger partial charge in [-0.25, -0.2) is 5.43 Å². The quantitative estimate of drug-likeness (QED) is 0.132. The van der Waals surface area contributed by atoms with Gasteiger partial charge in [0, 0.05) is 27.1 Å². The lowest BCUT2D eigenvalue weighted by atomic mass is 9.76. The van der Waals surface area contributed by atoms with Gasteiger partial charge < -0.3 is 14.8 Å². The number of ether oxygens (including phenoxy) is 2. The number of carbonyl (C=O) groups excluding carboxylic acids is 1. The largest absolute Gasteiger partial charge is 0.493 e. The molecule has 1 aliphatic carbocycles. The van der Waals surface area contributed by atoms with E-state index in [1.165, 1.54) is 17.3 Å². The topological polar surface area (TPSA) is 72.0 Å². The van der Waals surface area contributed by atoms with Crippen LogP contribution in [0.25, 0.3) is 0 Å². The second-order valence-corrected chi connectivity index (χ2v) is 11.6. The molecule has 0 saturated carbocycles. The highest BCUT2D eigenvalue weighted by molar-refractivity contribution is 8.00. The number of thioether (sulfide) groups is 1. The molecule has 2 aliphatic rings. The highest BCUT2D eigenvalue weighted by Gasteiger charge is 2.39. The molecule has 1 amide bonds. The van der Waals surface area contributed by atoms with E-state index in [0.717, 1.165) is 45.3 Å². The molecule has 4 atom stereocenters. The van der Waals surface area contributed by atoms with E-state index in [1.54, 1.807) is 14.2 Å². The van der Waals surface area contributed by atoms with Crippen LogP contribution in [0.4, 0.5) is 5.69 Å². The van der Waals surface area contributed by atoms with Crippen LogP contribution in [-0.2, 0) is 4.79 Å². The van der Waals surface area contributed by atoms with Gasteiger partial charge in [-0.2, -0.15) is 5.10 Å². The first-order valence-electron chi connectivity index (χ1n) is 12.9. The highest BCUT2D eigenvalue weighted by atomic mass is 35.5. The normalized spacial score (nSPS) is 20.4. The van der Waals surface area contributed by atoms with Crippen molar-refractivity contribution in [2.75, 3.05) is 19.5 Å². The predicted molar refractivity (Wildman–Crippen MR) is 159 cm³/mol. The Morgan fingerprint density at radius 2 is 1.90 bits per heavy atom. The van der Waals surface area contributed by atoms with Crippen molar-refractivity contribution >= 4 is 40.7 Å². The summed E-state index contributed by atoms with van der Waals surface area (Å²) in [5.74, 6) is 1.96. The van der Waals surface area contributed by atoms with Crippen LogP contribution >= 0.6 is 23.4 Å². The minimum atomic E-state index is -0.301. The summed E-state index contributed by atoms with van der Waals surface area (Å²) < 4.78 is 11.3. The molecule has 0 bridgehead atoms. The Labute approximate surface area is 238 Å². The fourth-order valence-electron chi connectivity index (χ4n) is 5.35. The molecule has 5 rings (SSSR count). The number of benzene rings is 3. The number of hydrogen-bond acceptors (Lipinski definition) is 6. The average Bonchev–Trinajstić information content (AvgIpc) is 3.46. The molecule has 0 aromatic heterocycles. The van der Waals surface area contributed by atoms with Crippen molar-refractivity contribution in [2.45, 2.75) is 42.4 Å². The lowest BCUT2D eigenvalue weighted by Gasteiger charge is -2.38. The van der Waals surface area contributed by atoms with Crippen molar-refractivity contribution < 1.29 is 14.3 Å². The number of methoxy groups -OCH3 is 2. The lowest BCUT2D eigenvalue weighted by molar-refractivity contribution is -0.120. The van der Waals surface area contributed by atoms with E-state index in [9.17, 15) is 4.79 Å². The number of allylic oxidation sites excluding steroid dienone is 2. The number of carbonyl (C=O) groups is 1. The van der Waals surface area contributed by atoms with Crippen LogP contribution in [-0.4, -0.2) is 31.1 Å². The summed E-state index contributed by atoms with van der Waals surface area (Å²) in [6.07, 6.45) is 5.54. The molecule has 2 N–H and O–H groups in total. The number of anilines is 1. The zero-order valence-corrected chi connectivity index (χ0v) is 24.0. The Morgan fingerprint density at radius 1 is 1.10 bits per heavy atom. The zero-order valence-electron chi connectivity index (χ0n) is 22.4. The Balaban J connectivity index is 1.33. The van der Waals surface area contributed by atoms with E-state index in [2.05, 4.69) is 46.2 Å². The van der Waals surface area contributed by atoms with Crippen LogP contribution < -0.4 is 20.2 Å². The maximum atomic E-state index is 12.7. The summed E-state index contributed by atoms with van der Waals surface area (Å²) in [6, 6.07) is 19.9. The van der Waals surface area contributed by atoms with Gasteiger partial charge in [-0.05, 0) is 79.8 Å². The molecular weight excluding hydrogens is 530 g/mol. The number of nitrogens with one attached hydrogen (secondary N) is 2. The van der Waals surface area contributed by atoms with Crippen molar-refractivity contribution in [3.8, 4) is 11.5 Å². The van der Waals surface area contributed by atoms with Gasteiger partial charge in [0.2, 0.25) is 0 Å². The van der Waals surface area contributed by atoms with Gasteiger partial charge in [-0.3, -0.25) is 4.79 Å². The summed E-state index contributed by atoms with van der Waals surface area (Å²) in [5.41, 5.74) is 7.89. The molecule has 8 heteroatoms. The minimum Gasteiger partial charge on any atom is -0.493 e. The number of hydrogen-bond donors (Lipinski definition) is 2. The van der Waals surface area contributed by atoms with Crippen LogP contribution in [0.3, 0.4) is 0 Å². The fraction of sp³-hybridized carbons (Fsp3) is 0.290. The molecule has 0 spiro atoms. The summed E-state index contributed by atoms with van der Waals surface area (Å²) in [6.45, 7) is 3.78.